The van der Waals surface area contributed by atoms with Gasteiger partial charge in [0.2, 0.25) is 0 Å². The second-order valence-corrected chi connectivity index (χ2v) is 7.58. The smallest absolute Gasteiger partial charge is 0.0319 e. The molecule has 0 spiro atoms. The van der Waals surface area contributed by atoms with Gasteiger partial charge in [0.1, 0.15) is 0 Å². The van der Waals surface area contributed by atoms with E-state index in [1.807, 2.05) is 13.8 Å². The minimum Gasteiger partial charge on any atom is -0.400 e. The van der Waals surface area contributed by atoms with Gasteiger partial charge in [0.15, 0.2) is 0 Å². The molecule has 3 saturated carbocycles. The average molecular weight is 309 g/mol. The molecule has 0 aromatic carbocycles. The zero-order chi connectivity index (χ0) is 16.7. The molecule has 1 N–H and O–H groups in total. The molecule has 5 unspecified atom stereocenters. The molecule has 0 aromatic heterocycles. The van der Waals surface area contributed by atoms with Crippen LogP contribution in [0.5, 0.6) is 0 Å². The first-order valence-electron chi connectivity index (χ1n) is 9.79. The van der Waals surface area contributed by atoms with E-state index in [1.54, 1.807) is 5.57 Å². The highest BCUT2D eigenvalue weighted by Crippen LogP contribution is 2.53. The van der Waals surface area contributed by atoms with E-state index >= 15 is 0 Å². The van der Waals surface area contributed by atoms with Crippen LogP contribution in [0.3, 0.4) is 0 Å². The van der Waals surface area contributed by atoms with Gasteiger partial charge in [-0.15, -0.1) is 0 Å². The maximum atomic E-state index is 7.00. The maximum absolute atomic E-state index is 7.00. The van der Waals surface area contributed by atoms with Crippen molar-refractivity contribution >= 4 is 0 Å². The lowest BCUT2D eigenvalue weighted by Crippen LogP contribution is -2.39. The normalized spacial score (nSPS) is 40.7. The fourth-order valence-electron chi connectivity index (χ4n) is 5.41. The molecule has 22 heavy (non-hydrogen) atoms. The molecule has 0 amide bonds. The van der Waals surface area contributed by atoms with E-state index in [2.05, 4.69) is 20.4 Å². The van der Waals surface area contributed by atoms with Gasteiger partial charge in [-0.05, 0) is 74.0 Å². The molecule has 0 radical (unpaired) electrons. The Hall–Kier alpha value is -0.300. The zero-order valence-electron chi connectivity index (χ0n) is 15.8. The standard InChI is InChI=1S/C18H30.C2H6.CH4O/c1-12-7-9-17-15(11-14(12)3)8-10-16-13(2)5-4-6-18(16)17;2*1-2/h12-13,15-18H,3-11H2,1-2H3;1-2H3;2H,1H3/t12-,13?,15?,16?,17?,18?;;/m0../s1. The number of aliphatic hydroxyl groups excluding tert-OH is 1. The Morgan fingerprint density at radius 1 is 0.818 bits per heavy atom. The molecule has 3 aliphatic carbocycles. The van der Waals surface area contributed by atoms with Gasteiger partial charge >= 0.3 is 0 Å². The third-order valence-corrected chi connectivity index (χ3v) is 6.66. The molecule has 6 atom stereocenters. The maximum Gasteiger partial charge on any atom is 0.0319 e. The van der Waals surface area contributed by atoms with E-state index < -0.39 is 0 Å². The second kappa shape index (κ2) is 9.75. The Bertz CT molecular complexity index is 322. The summed E-state index contributed by atoms with van der Waals surface area (Å²) >= 11 is 0. The molecule has 3 aliphatic rings. The lowest BCUT2D eigenvalue weighted by Gasteiger charge is -2.48. The van der Waals surface area contributed by atoms with E-state index in [0.29, 0.717) is 0 Å². The third kappa shape index (κ3) is 4.37. The van der Waals surface area contributed by atoms with Crippen molar-refractivity contribution in [1.82, 2.24) is 0 Å². The molecule has 3 rings (SSSR count). The summed E-state index contributed by atoms with van der Waals surface area (Å²) in [5, 5.41) is 7.00. The topological polar surface area (TPSA) is 20.2 Å². The van der Waals surface area contributed by atoms with Gasteiger partial charge in [0.25, 0.3) is 0 Å². The molecule has 0 bridgehead atoms. The number of hydrogen-bond acceptors (Lipinski definition) is 1. The van der Waals surface area contributed by atoms with Crippen LogP contribution in [0.15, 0.2) is 12.2 Å². The quantitative estimate of drug-likeness (QED) is 0.538. The van der Waals surface area contributed by atoms with Crippen LogP contribution in [-0.2, 0) is 0 Å². The highest BCUT2D eigenvalue weighted by Gasteiger charge is 2.43. The number of rotatable bonds is 0. The molecular weight excluding hydrogens is 268 g/mol. The summed E-state index contributed by atoms with van der Waals surface area (Å²) in [7, 11) is 1.00. The first-order valence-corrected chi connectivity index (χ1v) is 9.79. The first kappa shape index (κ1) is 19.7. The average Bonchev–Trinajstić information content (AvgIpc) is 2.71. The highest BCUT2D eigenvalue weighted by atomic mass is 16.2. The predicted molar refractivity (Wildman–Crippen MR) is 97.9 cm³/mol. The molecule has 0 heterocycles. The van der Waals surface area contributed by atoms with Crippen molar-refractivity contribution in [2.75, 3.05) is 7.11 Å². The lowest BCUT2D eigenvalue weighted by molar-refractivity contribution is 0.0207. The summed E-state index contributed by atoms with van der Waals surface area (Å²) in [4.78, 5) is 0. The minimum absolute atomic E-state index is 0.787. The zero-order valence-corrected chi connectivity index (χ0v) is 15.8. The van der Waals surface area contributed by atoms with Gasteiger partial charge in [0, 0.05) is 7.11 Å². The first-order chi connectivity index (χ1) is 10.7. The summed E-state index contributed by atoms with van der Waals surface area (Å²) < 4.78 is 0. The van der Waals surface area contributed by atoms with Crippen LogP contribution in [0.2, 0.25) is 0 Å². The van der Waals surface area contributed by atoms with E-state index in [9.17, 15) is 0 Å². The van der Waals surface area contributed by atoms with E-state index in [4.69, 9.17) is 5.11 Å². The third-order valence-electron chi connectivity index (χ3n) is 6.66. The highest BCUT2D eigenvalue weighted by molar-refractivity contribution is 5.06. The van der Waals surface area contributed by atoms with Crippen molar-refractivity contribution in [2.45, 2.75) is 79.1 Å². The number of allylic oxidation sites excluding steroid dienone is 1. The van der Waals surface area contributed by atoms with Crippen LogP contribution in [0.1, 0.15) is 79.1 Å². The fraction of sp³-hybridized carbons (Fsp3) is 0.905. The molecule has 1 nitrogen and oxygen atoms in total. The molecule has 0 saturated heterocycles. The largest absolute Gasteiger partial charge is 0.400 e. The van der Waals surface area contributed by atoms with Gasteiger partial charge in [-0.3, -0.25) is 0 Å². The van der Waals surface area contributed by atoms with Crippen molar-refractivity contribution in [3.05, 3.63) is 12.2 Å². The van der Waals surface area contributed by atoms with Gasteiger partial charge < -0.3 is 5.11 Å². The summed E-state index contributed by atoms with van der Waals surface area (Å²) in [5.74, 6) is 5.98. The van der Waals surface area contributed by atoms with Gasteiger partial charge in [-0.25, -0.2) is 0 Å². The molecule has 0 aromatic rings. The summed E-state index contributed by atoms with van der Waals surface area (Å²) in [6.45, 7) is 13.3. The monoisotopic (exact) mass is 308 g/mol. The number of hydrogen-bond donors (Lipinski definition) is 1. The second-order valence-electron chi connectivity index (χ2n) is 7.58. The summed E-state index contributed by atoms with van der Waals surface area (Å²) in [5.41, 5.74) is 1.56. The number of aliphatic hydroxyl groups is 1. The van der Waals surface area contributed by atoms with Crippen molar-refractivity contribution in [1.29, 1.82) is 0 Å². The lowest BCUT2D eigenvalue weighted by atomic mass is 9.57. The Morgan fingerprint density at radius 3 is 2.14 bits per heavy atom. The van der Waals surface area contributed by atoms with Gasteiger partial charge in [0.05, 0.1) is 0 Å². The van der Waals surface area contributed by atoms with Crippen molar-refractivity contribution in [3.8, 4) is 0 Å². The van der Waals surface area contributed by atoms with Crippen LogP contribution in [0.4, 0.5) is 0 Å². The van der Waals surface area contributed by atoms with Crippen molar-refractivity contribution in [2.24, 2.45) is 35.5 Å². The van der Waals surface area contributed by atoms with Gasteiger partial charge in [-0.2, -0.15) is 0 Å². The van der Waals surface area contributed by atoms with Crippen LogP contribution in [0.25, 0.3) is 0 Å². The Balaban J connectivity index is 0.000000561. The molecular formula is C21H40O. The summed E-state index contributed by atoms with van der Waals surface area (Å²) in [6.07, 6.45) is 11.8. The molecule has 3 fully saturated rings. The Morgan fingerprint density at radius 2 is 1.45 bits per heavy atom. The predicted octanol–water partition coefficient (Wildman–Crippen LogP) is 6.08. The molecule has 130 valence electrons. The SMILES string of the molecule is C=C1CC2CCC3C(C)CCCC3C2CC[C@@H]1C.CC.CO. The van der Waals surface area contributed by atoms with Crippen LogP contribution < -0.4 is 0 Å². The number of fused-ring (bicyclic) bond motifs is 3. The van der Waals surface area contributed by atoms with Gasteiger partial charge in [-0.1, -0.05) is 52.7 Å². The molecule has 0 aliphatic heterocycles. The van der Waals surface area contributed by atoms with E-state index in [0.717, 1.165) is 42.6 Å². The van der Waals surface area contributed by atoms with Crippen LogP contribution in [-0.4, -0.2) is 12.2 Å². The minimum atomic E-state index is 0.787. The Kier molecular flexibility index (Phi) is 8.75. The van der Waals surface area contributed by atoms with E-state index in [1.165, 1.54) is 51.4 Å². The van der Waals surface area contributed by atoms with Crippen LogP contribution >= 0.6 is 0 Å². The van der Waals surface area contributed by atoms with Crippen LogP contribution in [0, 0.1) is 35.5 Å². The summed E-state index contributed by atoms with van der Waals surface area (Å²) in [6, 6.07) is 0. The van der Waals surface area contributed by atoms with Crippen molar-refractivity contribution in [3.63, 3.8) is 0 Å². The Labute approximate surface area is 139 Å². The molecule has 1 heteroatoms. The fourth-order valence-corrected chi connectivity index (χ4v) is 5.41. The van der Waals surface area contributed by atoms with Crippen molar-refractivity contribution < 1.29 is 5.11 Å². The van der Waals surface area contributed by atoms with E-state index in [-0.39, 0.29) is 0 Å².